The van der Waals surface area contributed by atoms with Gasteiger partial charge in [0.05, 0.1) is 0 Å². The third kappa shape index (κ3) is 2.80. The van der Waals surface area contributed by atoms with Crippen molar-refractivity contribution in [2.75, 3.05) is 13.1 Å². The summed E-state index contributed by atoms with van der Waals surface area (Å²) in [6.45, 7) is 3.34. The monoisotopic (exact) mass is 286 g/mol. The van der Waals surface area contributed by atoms with Crippen molar-refractivity contribution in [2.24, 2.45) is 5.92 Å². The smallest absolute Gasteiger partial charge is 0.247 e. The number of rotatable bonds is 4. The van der Waals surface area contributed by atoms with Crippen LogP contribution < -0.4 is 5.32 Å². The van der Waals surface area contributed by atoms with Gasteiger partial charge >= 0.3 is 0 Å². The number of fused-ring (bicyclic) bond motifs is 1. The standard InChI is InChI=1S/C17H22N2O2/c1-2-10-18-16(20)15-14-6-4-3-5-12(14)9-11-19(15)17(21)13-7-8-13/h3-6,13,15H,2,7-11H2,1H3,(H,18,20). The summed E-state index contributed by atoms with van der Waals surface area (Å²) in [5.41, 5.74) is 2.18. The van der Waals surface area contributed by atoms with Crippen molar-refractivity contribution in [1.29, 1.82) is 0 Å². The predicted octanol–water partition coefficient (Wildman–Crippen LogP) is 2.05. The lowest BCUT2D eigenvalue weighted by molar-refractivity contribution is -0.142. The number of nitrogens with one attached hydrogen (secondary N) is 1. The molecule has 21 heavy (non-hydrogen) atoms. The molecule has 1 heterocycles. The van der Waals surface area contributed by atoms with E-state index < -0.39 is 6.04 Å². The van der Waals surface area contributed by atoms with Crippen LogP contribution in [0.15, 0.2) is 24.3 Å². The maximum atomic E-state index is 12.6. The molecule has 4 nitrogen and oxygen atoms in total. The first-order valence-electron chi connectivity index (χ1n) is 7.88. The number of hydrogen-bond acceptors (Lipinski definition) is 2. The second-order valence-corrected chi connectivity index (χ2v) is 5.95. The molecule has 1 saturated carbocycles. The Hall–Kier alpha value is -1.84. The van der Waals surface area contributed by atoms with Crippen molar-refractivity contribution >= 4 is 11.8 Å². The molecule has 3 rings (SSSR count). The van der Waals surface area contributed by atoms with Crippen LogP contribution in [0, 0.1) is 5.92 Å². The molecule has 1 aliphatic carbocycles. The summed E-state index contributed by atoms with van der Waals surface area (Å²) in [7, 11) is 0. The third-order valence-corrected chi connectivity index (χ3v) is 4.29. The van der Waals surface area contributed by atoms with Gasteiger partial charge in [0, 0.05) is 19.0 Å². The molecule has 0 radical (unpaired) electrons. The van der Waals surface area contributed by atoms with Crippen molar-refractivity contribution in [3.63, 3.8) is 0 Å². The third-order valence-electron chi connectivity index (χ3n) is 4.29. The van der Waals surface area contributed by atoms with E-state index in [1.807, 2.05) is 25.1 Å². The number of carbonyl (C=O) groups excluding carboxylic acids is 2. The largest absolute Gasteiger partial charge is 0.354 e. The molecule has 1 aromatic rings. The van der Waals surface area contributed by atoms with Crippen LogP contribution in [0.1, 0.15) is 43.4 Å². The van der Waals surface area contributed by atoms with Gasteiger partial charge in [-0.25, -0.2) is 0 Å². The minimum Gasteiger partial charge on any atom is -0.354 e. The van der Waals surface area contributed by atoms with Gasteiger partial charge in [-0.05, 0) is 36.8 Å². The molecule has 2 aliphatic rings. The molecular weight excluding hydrogens is 264 g/mol. The van der Waals surface area contributed by atoms with Crippen LogP contribution >= 0.6 is 0 Å². The molecule has 1 aliphatic heterocycles. The van der Waals surface area contributed by atoms with Gasteiger partial charge in [0.25, 0.3) is 0 Å². The van der Waals surface area contributed by atoms with Gasteiger partial charge in [-0.1, -0.05) is 31.2 Å². The molecule has 4 heteroatoms. The normalized spacial score (nSPS) is 20.8. The summed E-state index contributed by atoms with van der Waals surface area (Å²) in [6.07, 6.45) is 3.68. The zero-order valence-electron chi connectivity index (χ0n) is 12.5. The number of nitrogens with zero attached hydrogens (tertiary/aromatic N) is 1. The van der Waals surface area contributed by atoms with Crippen LogP contribution in [0.2, 0.25) is 0 Å². The van der Waals surface area contributed by atoms with Crippen LogP contribution in [0.4, 0.5) is 0 Å². The molecule has 1 atom stereocenters. The summed E-state index contributed by atoms with van der Waals surface area (Å²) < 4.78 is 0. The molecule has 2 amide bonds. The lowest BCUT2D eigenvalue weighted by Crippen LogP contribution is -2.47. The lowest BCUT2D eigenvalue weighted by Gasteiger charge is -2.36. The summed E-state index contributed by atoms with van der Waals surface area (Å²) in [5, 5.41) is 2.95. The molecule has 112 valence electrons. The SMILES string of the molecule is CCCNC(=O)C1c2ccccc2CCN1C(=O)C1CC1. The van der Waals surface area contributed by atoms with Gasteiger partial charge in [0.1, 0.15) is 6.04 Å². The van der Waals surface area contributed by atoms with E-state index in [-0.39, 0.29) is 17.7 Å². The first-order chi connectivity index (χ1) is 10.2. The number of carbonyl (C=O) groups is 2. The van der Waals surface area contributed by atoms with Crippen molar-refractivity contribution in [2.45, 2.75) is 38.6 Å². The highest BCUT2D eigenvalue weighted by atomic mass is 16.2. The van der Waals surface area contributed by atoms with E-state index in [4.69, 9.17) is 0 Å². The van der Waals surface area contributed by atoms with Crippen molar-refractivity contribution in [3.8, 4) is 0 Å². The lowest BCUT2D eigenvalue weighted by atomic mass is 9.91. The van der Waals surface area contributed by atoms with Crippen molar-refractivity contribution in [3.05, 3.63) is 35.4 Å². The quantitative estimate of drug-likeness (QED) is 0.921. The molecule has 0 saturated heterocycles. The summed E-state index contributed by atoms with van der Waals surface area (Å²) in [5.74, 6) is 0.260. The number of hydrogen-bond donors (Lipinski definition) is 1. The predicted molar refractivity (Wildman–Crippen MR) is 80.6 cm³/mol. The van der Waals surface area contributed by atoms with Gasteiger partial charge in [0.15, 0.2) is 0 Å². The highest BCUT2D eigenvalue weighted by Gasteiger charge is 2.41. The Kier molecular flexibility index (Phi) is 3.95. The molecular formula is C17H22N2O2. The first-order valence-corrected chi connectivity index (χ1v) is 7.88. The van der Waals surface area contributed by atoms with Gasteiger partial charge in [-0.3, -0.25) is 9.59 Å². The van der Waals surface area contributed by atoms with Crippen molar-refractivity contribution < 1.29 is 9.59 Å². The zero-order chi connectivity index (χ0) is 14.8. The molecule has 0 aromatic heterocycles. The number of amides is 2. The Balaban J connectivity index is 1.90. The summed E-state index contributed by atoms with van der Waals surface area (Å²) in [4.78, 5) is 26.9. The Morgan fingerprint density at radius 3 is 2.76 bits per heavy atom. The molecule has 1 aromatic carbocycles. The van der Waals surface area contributed by atoms with Crippen molar-refractivity contribution in [1.82, 2.24) is 10.2 Å². The minimum absolute atomic E-state index is 0.0435. The van der Waals surface area contributed by atoms with E-state index >= 15 is 0 Å². The van der Waals surface area contributed by atoms with Crippen LogP contribution in [-0.2, 0) is 16.0 Å². The number of benzene rings is 1. The summed E-state index contributed by atoms with van der Waals surface area (Å²) >= 11 is 0. The van der Waals surface area contributed by atoms with Gasteiger partial charge in [-0.15, -0.1) is 0 Å². The molecule has 1 fully saturated rings. The second-order valence-electron chi connectivity index (χ2n) is 5.95. The molecule has 0 bridgehead atoms. The van der Waals surface area contributed by atoms with E-state index in [2.05, 4.69) is 11.4 Å². The van der Waals surface area contributed by atoms with Crippen LogP contribution in [0.25, 0.3) is 0 Å². The van der Waals surface area contributed by atoms with Crippen LogP contribution in [0.3, 0.4) is 0 Å². The molecule has 0 spiro atoms. The van der Waals surface area contributed by atoms with E-state index in [9.17, 15) is 9.59 Å². The zero-order valence-corrected chi connectivity index (χ0v) is 12.5. The fourth-order valence-electron chi connectivity index (χ4n) is 3.00. The fourth-order valence-corrected chi connectivity index (χ4v) is 3.00. The molecule has 1 N–H and O–H groups in total. The first kappa shape index (κ1) is 14.1. The summed E-state index contributed by atoms with van der Waals surface area (Å²) in [6, 6.07) is 7.55. The maximum Gasteiger partial charge on any atom is 0.247 e. The minimum atomic E-state index is -0.449. The Labute approximate surface area is 125 Å². The highest BCUT2D eigenvalue weighted by Crippen LogP contribution is 2.37. The second kappa shape index (κ2) is 5.88. The van der Waals surface area contributed by atoms with E-state index in [0.29, 0.717) is 13.1 Å². The topological polar surface area (TPSA) is 49.4 Å². The van der Waals surface area contributed by atoms with E-state index in [1.54, 1.807) is 4.90 Å². The van der Waals surface area contributed by atoms with Gasteiger partial charge in [0.2, 0.25) is 11.8 Å². The van der Waals surface area contributed by atoms with Gasteiger partial charge < -0.3 is 10.2 Å². The van der Waals surface area contributed by atoms with Crippen LogP contribution in [-0.4, -0.2) is 29.8 Å². The van der Waals surface area contributed by atoms with Gasteiger partial charge in [-0.2, -0.15) is 0 Å². The Morgan fingerprint density at radius 2 is 2.05 bits per heavy atom. The maximum absolute atomic E-state index is 12.6. The highest BCUT2D eigenvalue weighted by molar-refractivity contribution is 5.91. The Morgan fingerprint density at radius 1 is 1.29 bits per heavy atom. The Bertz CT molecular complexity index is 551. The van der Waals surface area contributed by atoms with E-state index in [1.165, 1.54) is 5.56 Å². The van der Waals surface area contributed by atoms with Crippen LogP contribution in [0.5, 0.6) is 0 Å². The molecule has 1 unspecified atom stereocenters. The van der Waals surface area contributed by atoms with E-state index in [0.717, 1.165) is 31.2 Å². The average Bonchev–Trinajstić information content (AvgIpc) is 3.35. The fraction of sp³-hybridized carbons (Fsp3) is 0.529. The average molecular weight is 286 g/mol.